The smallest absolute Gasteiger partial charge is 0.258 e. The maximum Gasteiger partial charge on any atom is 0.258 e. The van der Waals surface area contributed by atoms with Crippen LogP contribution in [-0.4, -0.2) is 51.9 Å². The second kappa shape index (κ2) is 7.58. The number of aromatic amines is 1. The molecule has 0 saturated carbocycles. The molecule has 1 aromatic carbocycles. The van der Waals surface area contributed by atoms with Crippen molar-refractivity contribution in [1.29, 1.82) is 0 Å². The molecule has 0 radical (unpaired) electrons. The molecule has 0 unspecified atom stereocenters. The summed E-state index contributed by atoms with van der Waals surface area (Å²) in [5.74, 6) is 1.81. The van der Waals surface area contributed by atoms with Gasteiger partial charge in [-0.3, -0.25) is 14.5 Å². The number of carbonyl (C=O) groups is 1. The van der Waals surface area contributed by atoms with Gasteiger partial charge >= 0.3 is 0 Å². The quantitative estimate of drug-likeness (QED) is 0.912. The SMILES string of the molecule is C[C@@H]1C[C@H](C)CN(C(=O)[C@H](C)N(C)Cc2nc3ccccc3c(=O)[nH]2)C1. The third-order valence-electron chi connectivity index (χ3n) is 5.26. The number of rotatable bonds is 4. The summed E-state index contributed by atoms with van der Waals surface area (Å²) in [6, 6.07) is 7.03. The fourth-order valence-electron chi connectivity index (χ4n) is 3.88. The van der Waals surface area contributed by atoms with E-state index in [0.717, 1.165) is 13.1 Å². The third-order valence-corrected chi connectivity index (χ3v) is 5.26. The van der Waals surface area contributed by atoms with Crippen molar-refractivity contribution >= 4 is 16.8 Å². The zero-order chi connectivity index (χ0) is 18.8. The first-order chi connectivity index (χ1) is 12.3. The van der Waals surface area contributed by atoms with Crippen LogP contribution in [0.1, 0.15) is 33.0 Å². The van der Waals surface area contributed by atoms with Crippen LogP contribution in [0.2, 0.25) is 0 Å². The van der Waals surface area contributed by atoms with Gasteiger partial charge in [0.15, 0.2) is 0 Å². The number of nitrogens with zero attached hydrogens (tertiary/aromatic N) is 3. The van der Waals surface area contributed by atoms with Crippen LogP contribution in [0, 0.1) is 11.8 Å². The highest BCUT2D eigenvalue weighted by Crippen LogP contribution is 2.22. The van der Waals surface area contributed by atoms with E-state index in [9.17, 15) is 9.59 Å². The van der Waals surface area contributed by atoms with Crippen LogP contribution in [0.25, 0.3) is 10.9 Å². The molecule has 1 aliphatic heterocycles. The number of piperidine rings is 1. The minimum Gasteiger partial charge on any atom is -0.341 e. The fraction of sp³-hybridized carbons (Fsp3) is 0.550. The number of likely N-dealkylation sites (tertiary alicyclic amines) is 1. The summed E-state index contributed by atoms with van der Waals surface area (Å²) in [6.45, 7) is 8.40. The molecule has 1 aromatic heterocycles. The van der Waals surface area contributed by atoms with E-state index < -0.39 is 0 Å². The van der Waals surface area contributed by atoms with Gasteiger partial charge in [-0.2, -0.15) is 0 Å². The third kappa shape index (κ3) is 3.96. The normalized spacial score (nSPS) is 22.0. The first-order valence-corrected chi connectivity index (χ1v) is 9.32. The van der Waals surface area contributed by atoms with E-state index in [1.165, 1.54) is 6.42 Å². The standard InChI is InChI=1S/C20H28N4O2/c1-13-9-14(2)11-24(10-13)20(26)15(3)23(4)12-18-21-17-8-6-5-7-16(17)19(25)22-18/h5-8,13-15H,9-12H2,1-4H3,(H,21,22,25)/t13-,14+,15-/m0/s1. The van der Waals surface area contributed by atoms with Crippen LogP contribution in [0.3, 0.4) is 0 Å². The predicted octanol–water partition coefficient (Wildman–Crippen LogP) is 2.25. The molecule has 6 nitrogen and oxygen atoms in total. The minimum absolute atomic E-state index is 0.142. The molecule has 140 valence electrons. The lowest BCUT2D eigenvalue weighted by molar-refractivity contribution is -0.138. The van der Waals surface area contributed by atoms with E-state index in [-0.39, 0.29) is 17.5 Å². The zero-order valence-electron chi connectivity index (χ0n) is 16.0. The first kappa shape index (κ1) is 18.6. The van der Waals surface area contributed by atoms with Crippen molar-refractivity contribution < 1.29 is 4.79 Å². The molecule has 0 aliphatic carbocycles. The second-order valence-electron chi connectivity index (χ2n) is 7.81. The van der Waals surface area contributed by atoms with Crippen LogP contribution in [-0.2, 0) is 11.3 Å². The Hall–Kier alpha value is -2.21. The highest BCUT2D eigenvalue weighted by Gasteiger charge is 2.30. The van der Waals surface area contributed by atoms with Crippen LogP contribution in [0.4, 0.5) is 0 Å². The zero-order valence-corrected chi connectivity index (χ0v) is 16.0. The van der Waals surface area contributed by atoms with E-state index in [4.69, 9.17) is 0 Å². The van der Waals surface area contributed by atoms with Gasteiger partial charge in [-0.05, 0) is 44.4 Å². The van der Waals surface area contributed by atoms with Crippen molar-refractivity contribution in [3.63, 3.8) is 0 Å². The topological polar surface area (TPSA) is 69.3 Å². The number of aromatic nitrogens is 2. The Morgan fingerprint density at radius 1 is 1.31 bits per heavy atom. The number of benzene rings is 1. The van der Waals surface area contributed by atoms with E-state index in [0.29, 0.717) is 35.1 Å². The van der Waals surface area contributed by atoms with E-state index in [2.05, 4.69) is 23.8 Å². The molecule has 1 aliphatic rings. The van der Waals surface area contributed by atoms with Gasteiger partial charge in [0, 0.05) is 13.1 Å². The van der Waals surface area contributed by atoms with Gasteiger partial charge in [0.1, 0.15) is 5.82 Å². The van der Waals surface area contributed by atoms with E-state index in [1.807, 2.05) is 42.0 Å². The van der Waals surface area contributed by atoms with Crippen LogP contribution in [0.5, 0.6) is 0 Å². The number of para-hydroxylation sites is 1. The largest absolute Gasteiger partial charge is 0.341 e. The summed E-state index contributed by atoms with van der Waals surface area (Å²) in [4.78, 5) is 36.4. The Bertz CT molecular complexity index is 837. The maximum absolute atomic E-state index is 12.9. The van der Waals surface area contributed by atoms with Gasteiger partial charge in [0.2, 0.25) is 5.91 Å². The molecule has 2 aromatic rings. The van der Waals surface area contributed by atoms with Crippen molar-refractivity contribution in [2.75, 3.05) is 20.1 Å². The Balaban J connectivity index is 1.72. The van der Waals surface area contributed by atoms with Crippen molar-refractivity contribution in [3.8, 4) is 0 Å². The lowest BCUT2D eigenvalue weighted by Crippen LogP contribution is -2.50. The molecule has 2 heterocycles. The molecule has 0 bridgehead atoms. The Morgan fingerprint density at radius 2 is 1.96 bits per heavy atom. The maximum atomic E-state index is 12.9. The molecule has 1 amide bonds. The summed E-state index contributed by atoms with van der Waals surface area (Å²) in [5.41, 5.74) is 0.536. The van der Waals surface area contributed by atoms with Crippen molar-refractivity contribution in [1.82, 2.24) is 19.8 Å². The van der Waals surface area contributed by atoms with Gasteiger partial charge in [-0.1, -0.05) is 26.0 Å². The summed E-state index contributed by atoms with van der Waals surface area (Å²) < 4.78 is 0. The number of amides is 1. The molecule has 6 heteroatoms. The number of H-pyrrole nitrogens is 1. The Labute approximate surface area is 154 Å². The van der Waals surface area contributed by atoms with Gasteiger partial charge < -0.3 is 9.88 Å². The van der Waals surface area contributed by atoms with Crippen molar-refractivity contribution in [2.45, 2.75) is 39.8 Å². The molecule has 3 rings (SSSR count). The summed E-state index contributed by atoms with van der Waals surface area (Å²) >= 11 is 0. The van der Waals surface area contributed by atoms with Crippen molar-refractivity contribution in [2.24, 2.45) is 11.8 Å². The van der Waals surface area contributed by atoms with E-state index >= 15 is 0 Å². The highest BCUT2D eigenvalue weighted by atomic mass is 16.2. The Morgan fingerprint density at radius 3 is 2.65 bits per heavy atom. The lowest BCUT2D eigenvalue weighted by Gasteiger charge is -2.38. The van der Waals surface area contributed by atoms with Gasteiger partial charge in [-0.25, -0.2) is 4.98 Å². The van der Waals surface area contributed by atoms with Gasteiger partial charge in [0.25, 0.3) is 5.56 Å². The second-order valence-corrected chi connectivity index (χ2v) is 7.81. The van der Waals surface area contributed by atoms with Gasteiger partial charge in [-0.15, -0.1) is 0 Å². The number of likely N-dealkylation sites (N-methyl/N-ethyl adjacent to an activating group) is 1. The van der Waals surface area contributed by atoms with Crippen LogP contribution < -0.4 is 5.56 Å². The van der Waals surface area contributed by atoms with Crippen molar-refractivity contribution in [3.05, 3.63) is 40.4 Å². The number of hydrogen-bond donors (Lipinski definition) is 1. The minimum atomic E-state index is -0.260. The molecule has 26 heavy (non-hydrogen) atoms. The summed E-state index contributed by atoms with van der Waals surface area (Å²) in [5, 5.41) is 0.583. The summed E-state index contributed by atoms with van der Waals surface area (Å²) in [7, 11) is 1.90. The monoisotopic (exact) mass is 356 g/mol. The number of hydrogen-bond acceptors (Lipinski definition) is 4. The van der Waals surface area contributed by atoms with Crippen LogP contribution in [0.15, 0.2) is 29.1 Å². The molecule has 3 atom stereocenters. The predicted molar refractivity (Wildman–Crippen MR) is 103 cm³/mol. The average Bonchev–Trinajstić information content (AvgIpc) is 2.59. The Kier molecular flexibility index (Phi) is 5.41. The molecular weight excluding hydrogens is 328 g/mol. The highest BCUT2D eigenvalue weighted by molar-refractivity contribution is 5.81. The fourth-order valence-corrected chi connectivity index (χ4v) is 3.88. The first-order valence-electron chi connectivity index (χ1n) is 9.32. The molecule has 1 fully saturated rings. The number of fused-ring (bicyclic) bond motifs is 1. The molecular formula is C20H28N4O2. The number of nitrogens with one attached hydrogen (secondary N) is 1. The van der Waals surface area contributed by atoms with E-state index in [1.54, 1.807) is 6.07 Å². The molecule has 0 spiro atoms. The average molecular weight is 356 g/mol. The lowest BCUT2D eigenvalue weighted by atomic mass is 9.91. The molecule has 1 saturated heterocycles. The summed E-state index contributed by atoms with van der Waals surface area (Å²) in [6.07, 6.45) is 1.18. The number of carbonyl (C=O) groups excluding carboxylic acids is 1. The molecule has 1 N–H and O–H groups in total. The van der Waals surface area contributed by atoms with Crippen LogP contribution >= 0.6 is 0 Å². The van der Waals surface area contributed by atoms with Gasteiger partial charge in [0.05, 0.1) is 23.5 Å².